The van der Waals surface area contributed by atoms with Crippen molar-refractivity contribution in [2.45, 2.75) is 19.4 Å². The van der Waals surface area contributed by atoms with Gasteiger partial charge in [-0.05, 0) is 18.4 Å². The average Bonchev–Trinajstić information content (AvgIpc) is 2.95. The fourth-order valence-corrected chi connectivity index (χ4v) is 2.81. The number of hydrogen-bond donors (Lipinski definition) is 1. The van der Waals surface area contributed by atoms with Gasteiger partial charge in [-0.1, -0.05) is 0 Å². The molecule has 6 heteroatoms. The summed E-state index contributed by atoms with van der Waals surface area (Å²) < 4.78 is 2.17. The Morgan fingerprint density at radius 2 is 2.38 bits per heavy atom. The molecule has 0 bridgehead atoms. The van der Waals surface area contributed by atoms with E-state index in [9.17, 15) is 9.59 Å². The molecule has 0 aromatic carbocycles. The maximum Gasteiger partial charge on any atom is 0.255 e. The van der Waals surface area contributed by atoms with Gasteiger partial charge in [0.15, 0.2) is 0 Å². The van der Waals surface area contributed by atoms with Crippen molar-refractivity contribution in [2.75, 3.05) is 13.6 Å². The summed E-state index contributed by atoms with van der Waals surface area (Å²) in [5.74, 6) is 1.45. The van der Waals surface area contributed by atoms with Crippen molar-refractivity contribution in [2.24, 2.45) is 5.92 Å². The van der Waals surface area contributed by atoms with Crippen LogP contribution in [0.5, 0.6) is 0 Å². The number of fused-ring (bicyclic) bond motifs is 1. The van der Waals surface area contributed by atoms with Crippen LogP contribution < -0.4 is 5.56 Å². The summed E-state index contributed by atoms with van der Waals surface area (Å²) in [5.41, 5.74) is 0.308. The number of H-pyrrole nitrogens is 1. The summed E-state index contributed by atoms with van der Waals surface area (Å²) in [6.07, 6.45) is 7.24. The molecule has 0 fully saturated rings. The van der Waals surface area contributed by atoms with E-state index in [1.165, 1.54) is 12.3 Å². The van der Waals surface area contributed by atoms with Crippen molar-refractivity contribution in [3.8, 4) is 0 Å². The van der Waals surface area contributed by atoms with Gasteiger partial charge in [-0.3, -0.25) is 9.59 Å². The van der Waals surface area contributed by atoms with Crippen LogP contribution in [0.25, 0.3) is 0 Å². The van der Waals surface area contributed by atoms with E-state index in [0.717, 1.165) is 25.2 Å². The maximum atomic E-state index is 12.3. The third kappa shape index (κ3) is 2.89. The van der Waals surface area contributed by atoms with Crippen molar-refractivity contribution in [1.29, 1.82) is 0 Å². The van der Waals surface area contributed by atoms with Crippen LogP contribution in [-0.4, -0.2) is 38.9 Å². The highest BCUT2D eigenvalue weighted by Gasteiger charge is 2.22. The molecule has 110 valence electrons. The number of pyridine rings is 1. The molecule has 1 aliphatic heterocycles. The molecule has 1 unspecified atom stereocenters. The first-order valence-electron chi connectivity index (χ1n) is 7.07. The van der Waals surface area contributed by atoms with Crippen LogP contribution in [0.1, 0.15) is 22.6 Å². The molecule has 0 radical (unpaired) electrons. The summed E-state index contributed by atoms with van der Waals surface area (Å²) in [6.45, 7) is 1.66. The number of aromatic amines is 1. The number of carbonyl (C=O) groups excluding carboxylic acids is 1. The van der Waals surface area contributed by atoms with Gasteiger partial charge in [0.25, 0.3) is 5.91 Å². The number of imidazole rings is 1. The molecule has 0 saturated heterocycles. The first-order chi connectivity index (χ1) is 10.1. The quantitative estimate of drug-likeness (QED) is 0.911. The van der Waals surface area contributed by atoms with Crippen molar-refractivity contribution in [3.05, 3.63) is 52.5 Å². The Balaban J connectivity index is 1.64. The molecule has 2 aromatic heterocycles. The molecule has 6 nitrogen and oxygen atoms in total. The van der Waals surface area contributed by atoms with Crippen molar-refractivity contribution >= 4 is 5.91 Å². The number of rotatable bonds is 3. The fraction of sp³-hybridized carbons (Fsp3) is 0.400. The third-order valence-corrected chi connectivity index (χ3v) is 3.96. The molecule has 3 rings (SSSR count). The minimum atomic E-state index is -0.201. The molecule has 0 spiro atoms. The van der Waals surface area contributed by atoms with Gasteiger partial charge in [0, 0.05) is 51.2 Å². The summed E-state index contributed by atoms with van der Waals surface area (Å²) in [4.78, 5) is 31.9. The van der Waals surface area contributed by atoms with Gasteiger partial charge in [-0.2, -0.15) is 0 Å². The molecule has 0 saturated carbocycles. The lowest BCUT2D eigenvalue weighted by Gasteiger charge is -2.27. The zero-order chi connectivity index (χ0) is 14.8. The molecule has 2 aromatic rings. The molecule has 1 atom stereocenters. The van der Waals surface area contributed by atoms with Gasteiger partial charge in [-0.15, -0.1) is 0 Å². The van der Waals surface area contributed by atoms with Crippen LogP contribution in [0.3, 0.4) is 0 Å². The Morgan fingerprint density at radius 3 is 3.14 bits per heavy atom. The number of aromatic nitrogens is 3. The Hall–Kier alpha value is -2.37. The minimum Gasteiger partial charge on any atom is -0.341 e. The second-order valence-electron chi connectivity index (χ2n) is 5.52. The predicted octanol–water partition coefficient (Wildman–Crippen LogP) is 0.906. The van der Waals surface area contributed by atoms with Crippen molar-refractivity contribution < 1.29 is 4.79 Å². The average molecular weight is 286 g/mol. The fourth-order valence-electron chi connectivity index (χ4n) is 2.81. The van der Waals surface area contributed by atoms with Crippen LogP contribution in [0.2, 0.25) is 0 Å². The third-order valence-electron chi connectivity index (χ3n) is 3.96. The summed E-state index contributed by atoms with van der Waals surface area (Å²) in [7, 11) is 1.80. The zero-order valence-electron chi connectivity index (χ0n) is 12.0. The molecule has 21 heavy (non-hydrogen) atoms. The van der Waals surface area contributed by atoms with Crippen LogP contribution in [0.15, 0.2) is 35.5 Å². The summed E-state index contributed by atoms with van der Waals surface area (Å²) in [5, 5.41) is 0. The number of amides is 1. The van der Waals surface area contributed by atoms with Crippen molar-refractivity contribution in [1.82, 2.24) is 19.4 Å². The van der Waals surface area contributed by atoms with Crippen LogP contribution in [0, 0.1) is 5.92 Å². The molecule has 3 heterocycles. The molecular formula is C15H18N4O2. The highest BCUT2D eigenvalue weighted by Crippen LogP contribution is 2.20. The van der Waals surface area contributed by atoms with E-state index in [0.29, 0.717) is 18.0 Å². The van der Waals surface area contributed by atoms with E-state index in [1.54, 1.807) is 18.0 Å². The van der Waals surface area contributed by atoms with Crippen LogP contribution in [-0.2, 0) is 13.0 Å². The van der Waals surface area contributed by atoms with E-state index in [1.807, 2.05) is 12.4 Å². The summed E-state index contributed by atoms with van der Waals surface area (Å²) >= 11 is 0. The Labute approximate surface area is 122 Å². The van der Waals surface area contributed by atoms with Gasteiger partial charge in [0.1, 0.15) is 5.82 Å². The lowest BCUT2D eigenvalue weighted by molar-refractivity contribution is 0.0763. The Bertz CT molecular complexity index is 683. The largest absolute Gasteiger partial charge is 0.341 e. The molecule has 0 aliphatic carbocycles. The van der Waals surface area contributed by atoms with E-state index in [2.05, 4.69) is 14.5 Å². The van der Waals surface area contributed by atoms with E-state index >= 15 is 0 Å². The highest BCUT2D eigenvalue weighted by atomic mass is 16.2. The van der Waals surface area contributed by atoms with Crippen LogP contribution in [0.4, 0.5) is 0 Å². The number of hydrogen-bond acceptors (Lipinski definition) is 3. The normalized spacial score (nSPS) is 17.3. The van der Waals surface area contributed by atoms with Gasteiger partial charge in [0.05, 0.1) is 5.56 Å². The minimum absolute atomic E-state index is 0.0693. The Kier molecular flexibility index (Phi) is 3.60. The van der Waals surface area contributed by atoms with Gasteiger partial charge in [0.2, 0.25) is 5.56 Å². The predicted molar refractivity (Wildman–Crippen MR) is 78.1 cm³/mol. The number of carbonyl (C=O) groups is 1. The van der Waals surface area contributed by atoms with Gasteiger partial charge < -0.3 is 14.5 Å². The second-order valence-corrected chi connectivity index (χ2v) is 5.52. The van der Waals surface area contributed by atoms with E-state index < -0.39 is 0 Å². The Morgan fingerprint density at radius 1 is 1.52 bits per heavy atom. The van der Waals surface area contributed by atoms with Gasteiger partial charge in [-0.25, -0.2) is 4.98 Å². The lowest BCUT2D eigenvalue weighted by atomic mass is 9.97. The summed E-state index contributed by atoms with van der Waals surface area (Å²) in [6, 6.07) is 2.93. The topological polar surface area (TPSA) is 71.0 Å². The molecule has 1 N–H and O–H groups in total. The van der Waals surface area contributed by atoms with Crippen LogP contribution >= 0.6 is 0 Å². The van der Waals surface area contributed by atoms with Gasteiger partial charge >= 0.3 is 0 Å². The molecular weight excluding hydrogens is 268 g/mol. The zero-order valence-corrected chi connectivity index (χ0v) is 12.0. The standard InChI is InChI=1S/C15H18N4O2/c1-18(15(21)12-2-3-14(20)17-9-12)10-11-4-6-19-7-5-16-13(19)8-11/h2-3,5,7,9,11H,4,6,8,10H2,1H3,(H,17,20). The number of nitrogens with one attached hydrogen (secondary N) is 1. The number of aryl methyl sites for hydroxylation is 1. The van der Waals surface area contributed by atoms with Crippen molar-refractivity contribution in [3.63, 3.8) is 0 Å². The monoisotopic (exact) mass is 286 g/mol. The highest BCUT2D eigenvalue weighted by molar-refractivity contribution is 5.93. The second kappa shape index (κ2) is 5.55. The first-order valence-corrected chi connectivity index (χ1v) is 7.07. The van der Waals surface area contributed by atoms with E-state index in [4.69, 9.17) is 0 Å². The smallest absolute Gasteiger partial charge is 0.255 e. The molecule has 1 aliphatic rings. The first kappa shape index (κ1) is 13.6. The lowest BCUT2D eigenvalue weighted by Crippen LogP contribution is -2.35. The maximum absolute atomic E-state index is 12.3. The van der Waals surface area contributed by atoms with E-state index in [-0.39, 0.29) is 11.5 Å². The molecule has 1 amide bonds. The number of nitrogens with zero attached hydrogens (tertiary/aromatic N) is 3. The SMILES string of the molecule is CN(CC1CCn2ccnc2C1)C(=O)c1ccc(=O)[nH]c1.